The minimum Gasteiger partial charge on any atom is -0.299 e. The lowest BCUT2D eigenvalue weighted by molar-refractivity contribution is -0.116. The van der Waals surface area contributed by atoms with E-state index >= 15 is 0 Å². The van der Waals surface area contributed by atoms with Crippen LogP contribution >= 0.6 is 11.3 Å². The molecule has 1 aromatic heterocycles. The average Bonchev–Trinajstić information content (AvgIpc) is 2.84. The van der Waals surface area contributed by atoms with Crippen molar-refractivity contribution in [3.8, 4) is 0 Å². The fourth-order valence-electron chi connectivity index (χ4n) is 1.58. The normalized spacial score (nSPS) is 11.6. The minimum atomic E-state index is -3.86. The summed E-state index contributed by atoms with van der Waals surface area (Å²) in [7, 11) is -2.60. The molecule has 0 unspecified atom stereocenters. The van der Waals surface area contributed by atoms with Gasteiger partial charge in [-0.05, 0) is 31.2 Å². The zero-order valence-corrected chi connectivity index (χ0v) is 13.4. The molecule has 0 atom stereocenters. The maximum atomic E-state index is 12.8. The molecule has 0 saturated heterocycles. The number of nitrogens with zero attached hydrogens (tertiary/aromatic N) is 3. The molecule has 1 aromatic carbocycles. The summed E-state index contributed by atoms with van der Waals surface area (Å²) < 4.78 is 38.2. The second-order valence-corrected chi connectivity index (χ2v) is 7.62. The van der Waals surface area contributed by atoms with Crippen LogP contribution in [0.2, 0.25) is 0 Å². The van der Waals surface area contributed by atoms with Gasteiger partial charge < -0.3 is 0 Å². The second-order valence-electron chi connectivity index (χ2n) is 4.39. The number of hydrogen-bond acceptors (Lipinski definition) is 6. The molecule has 2 aromatic rings. The molecule has 10 heteroatoms. The summed E-state index contributed by atoms with van der Waals surface area (Å²) in [5, 5.41) is 10.9. The highest BCUT2D eigenvalue weighted by Crippen LogP contribution is 2.16. The van der Waals surface area contributed by atoms with Crippen molar-refractivity contribution in [1.29, 1.82) is 0 Å². The summed E-state index contributed by atoms with van der Waals surface area (Å²) in [5.74, 6) is -1.07. The first kappa shape index (κ1) is 16.5. The number of anilines is 1. The standard InChI is InChI=1S/C12H13FN4O3S2/c1-8-15-16-12(21-8)14-11(18)7-17(2)22(19,20)10-5-3-9(13)4-6-10/h3-6H,7H2,1-2H3,(H,14,16,18). The van der Waals surface area contributed by atoms with Gasteiger partial charge in [0.1, 0.15) is 10.8 Å². The number of nitrogens with one attached hydrogen (secondary N) is 1. The van der Waals surface area contributed by atoms with Gasteiger partial charge in [0, 0.05) is 7.05 Å². The second kappa shape index (κ2) is 6.46. The molecule has 0 radical (unpaired) electrons. The third kappa shape index (κ3) is 3.84. The van der Waals surface area contributed by atoms with Crippen LogP contribution in [-0.2, 0) is 14.8 Å². The number of amides is 1. The Kier molecular flexibility index (Phi) is 4.84. The largest absolute Gasteiger partial charge is 0.299 e. The van der Waals surface area contributed by atoms with E-state index in [1.807, 2.05) is 0 Å². The molecule has 1 N–H and O–H groups in total. The highest BCUT2D eigenvalue weighted by atomic mass is 32.2. The van der Waals surface area contributed by atoms with Crippen LogP contribution in [0.25, 0.3) is 0 Å². The van der Waals surface area contributed by atoms with Crippen LogP contribution < -0.4 is 5.32 Å². The Balaban J connectivity index is 2.05. The Labute approximate surface area is 130 Å². The molecule has 2 rings (SSSR count). The lowest BCUT2D eigenvalue weighted by atomic mass is 10.4. The summed E-state index contributed by atoms with van der Waals surface area (Å²) >= 11 is 1.18. The van der Waals surface area contributed by atoms with Gasteiger partial charge in [0.2, 0.25) is 21.1 Å². The Bertz CT molecular complexity index is 774. The minimum absolute atomic E-state index is 0.0871. The number of carbonyl (C=O) groups excluding carboxylic acids is 1. The van der Waals surface area contributed by atoms with Crippen LogP contribution in [0.3, 0.4) is 0 Å². The smallest absolute Gasteiger partial charge is 0.243 e. The average molecular weight is 344 g/mol. The van der Waals surface area contributed by atoms with Crippen LogP contribution in [-0.4, -0.2) is 42.4 Å². The predicted octanol–water partition coefficient (Wildman–Crippen LogP) is 1.24. The Hall–Kier alpha value is -1.91. The van der Waals surface area contributed by atoms with Crippen LogP contribution in [0, 0.1) is 12.7 Å². The van der Waals surface area contributed by atoms with Crippen LogP contribution in [0.1, 0.15) is 5.01 Å². The van der Waals surface area contributed by atoms with Crippen molar-refractivity contribution in [2.45, 2.75) is 11.8 Å². The molecule has 0 saturated carbocycles. The van der Waals surface area contributed by atoms with Crippen LogP contribution in [0.15, 0.2) is 29.2 Å². The molecule has 0 aliphatic carbocycles. The van der Waals surface area contributed by atoms with Crippen LogP contribution in [0.5, 0.6) is 0 Å². The quantitative estimate of drug-likeness (QED) is 0.881. The number of benzene rings is 1. The maximum Gasteiger partial charge on any atom is 0.243 e. The van der Waals surface area contributed by atoms with Gasteiger partial charge in [0.25, 0.3) is 0 Å². The van der Waals surface area contributed by atoms with Crippen molar-refractivity contribution in [3.05, 3.63) is 35.1 Å². The monoisotopic (exact) mass is 344 g/mol. The predicted molar refractivity (Wildman–Crippen MR) is 79.5 cm³/mol. The van der Waals surface area contributed by atoms with Gasteiger partial charge in [-0.1, -0.05) is 11.3 Å². The Morgan fingerprint density at radius 1 is 1.32 bits per heavy atom. The molecular weight excluding hydrogens is 331 g/mol. The molecule has 0 bridgehead atoms. The molecule has 0 fully saturated rings. The van der Waals surface area contributed by atoms with Crippen molar-refractivity contribution in [3.63, 3.8) is 0 Å². The number of aromatic nitrogens is 2. The van der Waals surface area contributed by atoms with Gasteiger partial charge >= 0.3 is 0 Å². The highest BCUT2D eigenvalue weighted by molar-refractivity contribution is 7.89. The van der Waals surface area contributed by atoms with Crippen molar-refractivity contribution in [2.75, 3.05) is 18.9 Å². The number of aryl methyl sites for hydroxylation is 1. The number of rotatable bonds is 5. The fraction of sp³-hybridized carbons (Fsp3) is 0.250. The van der Waals surface area contributed by atoms with E-state index in [2.05, 4.69) is 15.5 Å². The third-order valence-corrected chi connectivity index (χ3v) is 5.23. The summed E-state index contributed by atoms with van der Waals surface area (Å²) in [6.45, 7) is 1.34. The maximum absolute atomic E-state index is 12.8. The Morgan fingerprint density at radius 3 is 2.50 bits per heavy atom. The fourth-order valence-corrected chi connectivity index (χ4v) is 3.31. The summed E-state index contributed by atoms with van der Waals surface area (Å²) in [5.41, 5.74) is 0. The molecule has 0 spiro atoms. The van der Waals surface area contributed by atoms with Crippen LogP contribution in [0.4, 0.5) is 9.52 Å². The third-order valence-electron chi connectivity index (χ3n) is 2.66. The first-order valence-corrected chi connectivity index (χ1v) is 8.36. The number of carbonyl (C=O) groups is 1. The van der Waals surface area contributed by atoms with Gasteiger partial charge in [0.15, 0.2) is 0 Å². The molecule has 118 valence electrons. The number of halogens is 1. The zero-order chi connectivity index (χ0) is 16.3. The lowest BCUT2D eigenvalue weighted by Gasteiger charge is -2.16. The van der Waals surface area contributed by atoms with Crippen molar-refractivity contribution < 1.29 is 17.6 Å². The van der Waals surface area contributed by atoms with E-state index in [9.17, 15) is 17.6 Å². The van der Waals surface area contributed by atoms with E-state index in [4.69, 9.17) is 0 Å². The summed E-state index contributed by atoms with van der Waals surface area (Å²) in [6.07, 6.45) is 0. The number of sulfonamides is 1. The molecule has 0 aliphatic rings. The Morgan fingerprint density at radius 2 is 1.95 bits per heavy atom. The molecule has 22 heavy (non-hydrogen) atoms. The topological polar surface area (TPSA) is 92.3 Å². The molecule has 7 nitrogen and oxygen atoms in total. The van der Waals surface area contributed by atoms with Gasteiger partial charge in [-0.3, -0.25) is 10.1 Å². The van der Waals surface area contributed by atoms with E-state index in [1.54, 1.807) is 6.92 Å². The number of hydrogen-bond donors (Lipinski definition) is 1. The van der Waals surface area contributed by atoms with Gasteiger partial charge in [0.05, 0.1) is 11.4 Å². The van der Waals surface area contributed by atoms with E-state index in [0.717, 1.165) is 28.6 Å². The van der Waals surface area contributed by atoms with Gasteiger partial charge in [-0.2, -0.15) is 4.31 Å². The van der Waals surface area contributed by atoms with Crippen molar-refractivity contribution in [1.82, 2.24) is 14.5 Å². The molecule has 1 amide bonds. The first-order valence-electron chi connectivity index (χ1n) is 6.11. The van der Waals surface area contributed by atoms with E-state index in [1.165, 1.54) is 18.4 Å². The lowest BCUT2D eigenvalue weighted by Crippen LogP contribution is -2.34. The van der Waals surface area contributed by atoms with Crippen molar-refractivity contribution in [2.24, 2.45) is 0 Å². The summed E-state index contributed by atoms with van der Waals surface area (Å²) in [4.78, 5) is 11.7. The molecular formula is C12H13FN4O3S2. The SMILES string of the molecule is Cc1nnc(NC(=O)CN(C)S(=O)(=O)c2ccc(F)cc2)s1. The highest BCUT2D eigenvalue weighted by Gasteiger charge is 2.23. The summed E-state index contributed by atoms with van der Waals surface area (Å²) in [6, 6.07) is 4.38. The van der Waals surface area contributed by atoms with Gasteiger partial charge in [-0.25, -0.2) is 12.8 Å². The molecule has 1 heterocycles. The zero-order valence-electron chi connectivity index (χ0n) is 11.8. The van der Waals surface area contributed by atoms with E-state index < -0.39 is 28.3 Å². The molecule has 0 aliphatic heterocycles. The van der Waals surface area contributed by atoms with E-state index in [0.29, 0.717) is 10.1 Å². The van der Waals surface area contributed by atoms with E-state index in [-0.39, 0.29) is 4.90 Å². The first-order chi connectivity index (χ1) is 10.3. The number of likely N-dealkylation sites (N-methyl/N-ethyl adjacent to an activating group) is 1. The van der Waals surface area contributed by atoms with Gasteiger partial charge in [-0.15, -0.1) is 10.2 Å². The van der Waals surface area contributed by atoms with Crippen molar-refractivity contribution >= 4 is 32.4 Å².